The second-order valence-corrected chi connectivity index (χ2v) is 4.54. The molecule has 4 nitrogen and oxygen atoms in total. The molecule has 1 aliphatic heterocycles. The number of carbonyl (C=O) groups is 2. The van der Waals surface area contributed by atoms with Crippen LogP contribution in [0, 0.1) is 5.92 Å². The Kier molecular flexibility index (Phi) is 2.26. The molecule has 2 amide bonds. The lowest BCUT2D eigenvalue weighted by Gasteiger charge is -2.13. The second kappa shape index (κ2) is 3.67. The van der Waals surface area contributed by atoms with Crippen molar-refractivity contribution < 1.29 is 14.3 Å². The van der Waals surface area contributed by atoms with Gasteiger partial charge in [-0.05, 0) is 18.6 Å². The van der Waals surface area contributed by atoms with Gasteiger partial charge in [-0.3, -0.25) is 14.5 Å². The van der Waals surface area contributed by atoms with E-state index in [1.165, 1.54) is 4.90 Å². The van der Waals surface area contributed by atoms with E-state index in [0.29, 0.717) is 23.7 Å². The maximum absolute atomic E-state index is 12.1. The maximum atomic E-state index is 12.1. The zero-order valence-corrected chi connectivity index (χ0v) is 9.55. The molecule has 3 rings (SSSR count). The van der Waals surface area contributed by atoms with Crippen molar-refractivity contribution in [2.75, 3.05) is 13.7 Å². The summed E-state index contributed by atoms with van der Waals surface area (Å²) in [4.78, 5) is 25.6. The van der Waals surface area contributed by atoms with Crippen LogP contribution in [0.15, 0.2) is 24.3 Å². The number of amides is 2. The normalized spacial score (nSPS) is 26.3. The molecule has 2 aliphatic rings. The van der Waals surface area contributed by atoms with Crippen molar-refractivity contribution in [3.05, 3.63) is 35.4 Å². The van der Waals surface area contributed by atoms with Gasteiger partial charge in [0.1, 0.15) is 0 Å². The summed E-state index contributed by atoms with van der Waals surface area (Å²) >= 11 is 0. The van der Waals surface area contributed by atoms with Gasteiger partial charge in [-0.15, -0.1) is 0 Å². The van der Waals surface area contributed by atoms with Gasteiger partial charge in [0.25, 0.3) is 11.8 Å². The molecule has 0 bridgehead atoms. The van der Waals surface area contributed by atoms with Gasteiger partial charge in [0, 0.05) is 19.1 Å². The third-order valence-electron chi connectivity index (χ3n) is 3.42. The Hall–Kier alpha value is -1.68. The first-order valence-corrected chi connectivity index (χ1v) is 5.70. The summed E-state index contributed by atoms with van der Waals surface area (Å²) in [5.41, 5.74) is 1.06. The van der Waals surface area contributed by atoms with E-state index < -0.39 is 0 Å². The smallest absolute Gasteiger partial charge is 0.261 e. The number of hydrogen-bond acceptors (Lipinski definition) is 3. The lowest BCUT2D eigenvalue weighted by Crippen LogP contribution is -2.33. The number of benzene rings is 1. The standard InChI is InChI=1S/C13H13NO3/c1-17-7-8-6-11(8)14-12(15)9-4-2-3-5-10(9)13(14)16/h2-5,8,11H,6-7H2,1H3/t8-,11+/m0/s1. The number of imide groups is 1. The van der Waals surface area contributed by atoms with Crippen LogP contribution in [0.25, 0.3) is 0 Å². The first-order chi connectivity index (χ1) is 8.24. The lowest BCUT2D eigenvalue weighted by molar-refractivity contribution is 0.0623. The third-order valence-corrected chi connectivity index (χ3v) is 3.42. The van der Waals surface area contributed by atoms with Crippen LogP contribution in [0.3, 0.4) is 0 Å². The second-order valence-electron chi connectivity index (χ2n) is 4.54. The van der Waals surface area contributed by atoms with Gasteiger partial charge in [0.05, 0.1) is 17.7 Å². The van der Waals surface area contributed by atoms with Crippen LogP contribution >= 0.6 is 0 Å². The van der Waals surface area contributed by atoms with Crippen molar-refractivity contribution in [3.63, 3.8) is 0 Å². The van der Waals surface area contributed by atoms with E-state index in [1.54, 1.807) is 31.4 Å². The van der Waals surface area contributed by atoms with Crippen LogP contribution in [0.1, 0.15) is 27.1 Å². The molecule has 17 heavy (non-hydrogen) atoms. The van der Waals surface area contributed by atoms with Crippen LogP contribution in [0.2, 0.25) is 0 Å². The van der Waals surface area contributed by atoms with Gasteiger partial charge < -0.3 is 4.74 Å². The minimum atomic E-state index is -0.158. The van der Waals surface area contributed by atoms with Gasteiger partial charge in [-0.1, -0.05) is 12.1 Å². The highest BCUT2D eigenvalue weighted by molar-refractivity contribution is 6.21. The molecular weight excluding hydrogens is 218 g/mol. The summed E-state index contributed by atoms with van der Waals surface area (Å²) in [5, 5.41) is 0. The Morgan fingerprint density at radius 2 is 1.82 bits per heavy atom. The van der Waals surface area contributed by atoms with Crippen LogP contribution < -0.4 is 0 Å². The van der Waals surface area contributed by atoms with E-state index in [4.69, 9.17) is 4.74 Å². The van der Waals surface area contributed by atoms with Gasteiger partial charge >= 0.3 is 0 Å². The molecule has 4 heteroatoms. The van der Waals surface area contributed by atoms with Crippen LogP contribution in [-0.2, 0) is 4.74 Å². The highest BCUT2D eigenvalue weighted by atomic mass is 16.5. The number of fused-ring (bicyclic) bond motifs is 1. The van der Waals surface area contributed by atoms with Crippen molar-refractivity contribution in [3.8, 4) is 0 Å². The summed E-state index contributed by atoms with van der Waals surface area (Å²) < 4.78 is 5.05. The Morgan fingerprint density at radius 1 is 1.24 bits per heavy atom. The summed E-state index contributed by atoms with van der Waals surface area (Å²) in [6, 6.07) is 7.02. The molecule has 0 N–H and O–H groups in total. The van der Waals surface area contributed by atoms with Gasteiger partial charge in [0.15, 0.2) is 0 Å². The molecule has 0 unspecified atom stereocenters. The highest BCUT2D eigenvalue weighted by Crippen LogP contribution is 2.40. The van der Waals surface area contributed by atoms with E-state index in [1.807, 2.05) is 0 Å². The molecule has 1 fully saturated rings. The van der Waals surface area contributed by atoms with Gasteiger partial charge in [-0.25, -0.2) is 0 Å². The van der Waals surface area contributed by atoms with Crippen LogP contribution in [0.4, 0.5) is 0 Å². The van der Waals surface area contributed by atoms with Crippen LogP contribution in [0.5, 0.6) is 0 Å². The monoisotopic (exact) mass is 231 g/mol. The molecule has 1 saturated carbocycles. The number of hydrogen-bond donors (Lipinski definition) is 0. The fourth-order valence-electron chi connectivity index (χ4n) is 2.45. The maximum Gasteiger partial charge on any atom is 0.261 e. The summed E-state index contributed by atoms with van der Waals surface area (Å²) in [5.74, 6) is -0.00869. The molecule has 0 spiro atoms. The van der Waals surface area contributed by atoms with E-state index in [0.717, 1.165) is 6.42 Å². The van der Waals surface area contributed by atoms with E-state index in [-0.39, 0.29) is 17.9 Å². The third kappa shape index (κ3) is 1.48. The topological polar surface area (TPSA) is 46.6 Å². The Morgan fingerprint density at radius 3 is 2.35 bits per heavy atom. The molecule has 1 aromatic carbocycles. The van der Waals surface area contributed by atoms with Crippen molar-refractivity contribution >= 4 is 11.8 Å². The lowest BCUT2D eigenvalue weighted by atomic mass is 10.1. The molecule has 88 valence electrons. The molecule has 0 aromatic heterocycles. The predicted octanol–water partition coefficient (Wildman–Crippen LogP) is 1.32. The first kappa shape index (κ1) is 10.5. The van der Waals surface area contributed by atoms with Crippen molar-refractivity contribution in [1.29, 1.82) is 0 Å². The van der Waals surface area contributed by atoms with Crippen molar-refractivity contribution in [1.82, 2.24) is 4.90 Å². The summed E-state index contributed by atoms with van der Waals surface area (Å²) in [6.45, 7) is 0.609. The zero-order chi connectivity index (χ0) is 12.0. The Bertz CT molecular complexity index is 462. The molecule has 1 aromatic rings. The number of methoxy groups -OCH3 is 1. The average Bonchev–Trinajstić information content (AvgIpc) is 3.03. The molecular formula is C13H13NO3. The predicted molar refractivity (Wildman–Crippen MR) is 60.7 cm³/mol. The quantitative estimate of drug-likeness (QED) is 0.737. The average molecular weight is 231 g/mol. The zero-order valence-electron chi connectivity index (χ0n) is 9.55. The SMILES string of the molecule is COC[C@@H]1C[C@H]1N1C(=O)c2ccccc2C1=O. The first-order valence-electron chi connectivity index (χ1n) is 5.70. The molecule has 1 aliphatic carbocycles. The minimum absolute atomic E-state index is 0.0300. The van der Waals surface area contributed by atoms with Crippen molar-refractivity contribution in [2.24, 2.45) is 5.92 Å². The Labute approximate surface area is 99.2 Å². The fourth-order valence-corrected chi connectivity index (χ4v) is 2.45. The number of ether oxygens (including phenoxy) is 1. The van der Waals surface area contributed by atoms with E-state index >= 15 is 0 Å². The van der Waals surface area contributed by atoms with E-state index in [2.05, 4.69) is 0 Å². The highest BCUT2D eigenvalue weighted by Gasteiger charge is 2.50. The van der Waals surface area contributed by atoms with Crippen LogP contribution in [-0.4, -0.2) is 36.5 Å². The Balaban J connectivity index is 1.87. The largest absolute Gasteiger partial charge is 0.384 e. The molecule has 0 radical (unpaired) electrons. The van der Waals surface area contributed by atoms with E-state index in [9.17, 15) is 9.59 Å². The minimum Gasteiger partial charge on any atom is -0.384 e. The number of nitrogens with zero attached hydrogens (tertiary/aromatic N) is 1. The molecule has 2 atom stereocenters. The summed E-state index contributed by atoms with van der Waals surface area (Å²) in [6.07, 6.45) is 0.860. The fraction of sp³-hybridized carbons (Fsp3) is 0.385. The van der Waals surface area contributed by atoms with Gasteiger partial charge in [0.2, 0.25) is 0 Å². The molecule has 0 saturated heterocycles. The number of carbonyl (C=O) groups excluding carboxylic acids is 2. The molecule has 1 heterocycles. The van der Waals surface area contributed by atoms with Crippen molar-refractivity contribution in [2.45, 2.75) is 12.5 Å². The number of rotatable bonds is 3. The van der Waals surface area contributed by atoms with Gasteiger partial charge in [-0.2, -0.15) is 0 Å². The summed E-state index contributed by atoms with van der Waals surface area (Å²) in [7, 11) is 1.64.